The van der Waals surface area contributed by atoms with Crippen LogP contribution >= 0.6 is 11.6 Å². The van der Waals surface area contributed by atoms with Gasteiger partial charge in [-0.2, -0.15) is 0 Å². The van der Waals surface area contributed by atoms with Crippen LogP contribution in [0.5, 0.6) is 0 Å². The number of sulfonamides is 1. The highest BCUT2D eigenvalue weighted by Gasteiger charge is 2.31. The molecule has 1 aromatic carbocycles. The predicted molar refractivity (Wildman–Crippen MR) is 93.2 cm³/mol. The van der Waals surface area contributed by atoms with E-state index in [4.69, 9.17) is 16.3 Å². The summed E-state index contributed by atoms with van der Waals surface area (Å²) >= 11 is 5.81. The van der Waals surface area contributed by atoms with E-state index in [1.165, 1.54) is 0 Å². The van der Waals surface area contributed by atoms with E-state index in [1.54, 1.807) is 29.2 Å². The van der Waals surface area contributed by atoms with E-state index in [2.05, 4.69) is 4.72 Å². The molecular weight excluding hydrogens is 352 g/mol. The largest absolute Gasteiger partial charge is 0.378 e. The molecule has 0 saturated carbocycles. The fourth-order valence-electron chi connectivity index (χ4n) is 2.49. The van der Waals surface area contributed by atoms with Crippen molar-refractivity contribution in [2.45, 2.75) is 25.6 Å². The molecule has 1 aliphatic rings. The zero-order valence-electron chi connectivity index (χ0n) is 13.9. The molecule has 1 saturated heterocycles. The number of amides is 1. The summed E-state index contributed by atoms with van der Waals surface area (Å²) in [5, 5.41) is 0.548. The first-order valence-corrected chi connectivity index (χ1v) is 9.92. The van der Waals surface area contributed by atoms with Gasteiger partial charge >= 0.3 is 0 Å². The molecule has 1 amide bonds. The number of hydrogen-bond donors (Lipinski definition) is 1. The van der Waals surface area contributed by atoms with Crippen molar-refractivity contribution in [3.63, 3.8) is 0 Å². The summed E-state index contributed by atoms with van der Waals surface area (Å²) in [5.74, 6) is -0.544. The van der Waals surface area contributed by atoms with Crippen LogP contribution in [0.1, 0.15) is 19.4 Å². The Balaban J connectivity index is 2.07. The number of hydrogen-bond acceptors (Lipinski definition) is 4. The zero-order valence-corrected chi connectivity index (χ0v) is 15.4. The predicted octanol–water partition coefficient (Wildman–Crippen LogP) is 1.64. The van der Waals surface area contributed by atoms with Crippen molar-refractivity contribution >= 4 is 27.5 Å². The van der Waals surface area contributed by atoms with Crippen molar-refractivity contribution < 1.29 is 17.9 Å². The van der Waals surface area contributed by atoms with Gasteiger partial charge in [0.2, 0.25) is 15.9 Å². The summed E-state index contributed by atoms with van der Waals surface area (Å²) in [6.07, 6.45) is 0. The molecule has 0 aliphatic carbocycles. The van der Waals surface area contributed by atoms with E-state index in [0.29, 0.717) is 36.9 Å². The van der Waals surface area contributed by atoms with Gasteiger partial charge in [-0.1, -0.05) is 37.6 Å². The number of carbonyl (C=O) groups excluding carboxylic acids is 1. The maximum atomic E-state index is 12.6. The van der Waals surface area contributed by atoms with Gasteiger partial charge in [0.15, 0.2) is 0 Å². The van der Waals surface area contributed by atoms with Crippen molar-refractivity contribution in [2.75, 3.05) is 26.3 Å². The fourth-order valence-corrected chi connectivity index (χ4v) is 4.09. The van der Waals surface area contributed by atoms with E-state index in [-0.39, 0.29) is 17.6 Å². The van der Waals surface area contributed by atoms with Crippen LogP contribution in [0.3, 0.4) is 0 Å². The van der Waals surface area contributed by atoms with Crippen molar-refractivity contribution in [3.8, 4) is 0 Å². The summed E-state index contributed by atoms with van der Waals surface area (Å²) in [4.78, 5) is 14.3. The fraction of sp³-hybridized carbons (Fsp3) is 0.562. The molecule has 0 radical (unpaired) electrons. The lowest BCUT2D eigenvalue weighted by Crippen LogP contribution is -2.53. The quantitative estimate of drug-likeness (QED) is 0.821. The van der Waals surface area contributed by atoms with Crippen LogP contribution in [0.2, 0.25) is 5.02 Å². The molecule has 134 valence electrons. The number of carbonyl (C=O) groups is 1. The molecule has 1 heterocycles. The maximum Gasteiger partial charge on any atom is 0.241 e. The Labute approximate surface area is 148 Å². The lowest BCUT2D eigenvalue weighted by Gasteiger charge is -2.32. The van der Waals surface area contributed by atoms with Gasteiger partial charge in [0.1, 0.15) is 6.04 Å². The Morgan fingerprint density at radius 2 is 1.83 bits per heavy atom. The molecule has 1 aliphatic heterocycles. The Morgan fingerprint density at radius 1 is 1.25 bits per heavy atom. The molecule has 0 spiro atoms. The highest BCUT2D eigenvalue weighted by atomic mass is 35.5. The molecule has 0 bridgehead atoms. The van der Waals surface area contributed by atoms with Gasteiger partial charge in [-0.25, -0.2) is 13.1 Å². The van der Waals surface area contributed by atoms with Gasteiger partial charge in [-0.15, -0.1) is 0 Å². The summed E-state index contributed by atoms with van der Waals surface area (Å²) in [5.41, 5.74) is 0.619. The summed E-state index contributed by atoms with van der Waals surface area (Å²) in [6, 6.07) is 5.84. The smallest absolute Gasteiger partial charge is 0.241 e. The first-order chi connectivity index (χ1) is 11.3. The Morgan fingerprint density at radius 3 is 2.38 bits per heavy atom. The van der Waals surface area contributed by atoms with E-state index >= 15 is 0 Å². The molecule has 24 heavy (non-hydrogen) atoms. The molecule has 1 atom stereocenters. The van der Waals surface area contributed by atoms with Gasteiger partial charge in [-0.3, -0.25) is 4.79 Å². The van der Waals surface area contributed by atoms with Gasteiger partial charge in [0.05, 0.1) is 19.0 Å². The van der Waals surface area contributed by atoms with Crippen molar-refractivity contribution in [3.05, 3.63) is 34.9 Å². The van der Waals surface area contributed by atoms with Gasteiger partial charge < -0.3 is 9.64 Å². The van der Waals surface area contributed by atoms with Gasteiger partial charge in [-0.05, 0) is 23.6 Å². The SMILES string of the molecule is CC(C)[C@@H](NS(=O)(=O)Cc1ccc(Cl)cc1)C(=O)N1CCOCC1. The molecular formula is C16H23ClN2O4S. The molecule has 2 rings (SSSR count). The standard InChI is InChI=1S/C16H23ClN2O4S/c1-12(2)15(16(20)19-7-9-23-10-8-19)18-24(21,22)11-13-3-5-14(17)6-4-13/h3-6,12,15,18H,7-11H2,1-2H3/t15-/m1/s1. The number of ether oxygens (including phenoxy) is 1. The molecule has 6 nitrogen and oxygen atoms in total. The maximum absolute atomic E-state index is 12.6. The molecule has 0 aromatic heterocycles. The monoisotopic (exact) mass is 374 g/mol. The van der Waals surface area contributed by atoms with Crippen LogP contribution in [0.4, 0.5) is 0 Å². The summed E-state index contributed by atoms with van der Waals surface area (Å²) in [6.45, 7) is 5.59. The average molecular weight is 375 g/mol. The molecule has 8 heteroatoms. The second kappa shape index (κ2) is 8.29. The Hall–Kier alpha value is -1.15. The molecule has 1 aromatic rings. The number of rotatable bonds is 6. The molecule has 0 unspecified atom stereocenters. The Bertz CT molecular complexity index is 655. The van der Waals surface area contributed by atoms with Crippen LogP contribution in [0.25, 0.3) is 0 Å². The summed E-state index contributed by atoms with van der Waals surface area (Å²) < 4.78 is 32.7. The van der Waals surface area contributed by atoms with Gasteiger partial charge in [0, 0.05) is 18.1 Å². The second-order valence-corrected chi connectivity index (χ2v) is 8.35. The van der Waals surface area contributed by atoms with E-state index in [9.17, 15) is 13.2 Å². The van der Waals surface area contributed by atoms with E-state index < -0.39 is 16.1 Å². The van der Waals surface area contributed by atoms with Gasteiger partial charge in [0.25, 0.3) is 0 Å². The molecule has 1 N–H and O–H groups in total. The molecule has 1 fully saturated rings. The van der Waals surface area contributed by atoms with E-state index in [1.807, 2.05) is 13.8 Å². The number of benzene rings is 1. The topological polar surface area (TPSA) is 75.7 Å². The van der Waals surface area contributed by atoms with Crippen molar-refractivity contribution in [1.82, 2.24) is 9.62 Å². The first kappa shape index (κ1) is 19.2. The minimum Gasteiger partial charge on any atom is -0.378 e. The highest BCUT2D eigenvalue weighted by Crippen LogP contribution is 2.14. The number of morpholine rings is 1. The van der Waals surface area contributed by atoms with Crippen molar-refractivity contribution in [1.29, 1.82) is 0 Å². The van der Waals surface area contributed by atoms with Crippen molar-refractivity contribution in [2.24, 2.45) is 5.92 Å². The highest BCUT2D eigenvalue weighted by molar-refractivity contribution is 7.88. The third-order valence-electron chi connectivity index (χ3n) is 3.83. The van der Waals surface area contributed by atoms with Crippen LogP contribution in [-0.4, -0.2) is 51.6 Å². The first-order valence-electron chi connectivity index (χ1n) is 7.89. The third-order valence-corrected chi connectivity index (χ3v) is 5.41. The third kappa shape index (κ3) is 5.44. The van der Waals surface area contributed by atoms with Crippen LogP contribution in [0, 0.1) is 5.92 Å². The zero-order chi connectivity index (χ0) is 17.7. The minimum atomic E-state index is -3.65. The second-order valence-electron chi connectivity index (χ2n) is 6.16. The minimum absolute atomic E-state index is 0.152. The Kier molecular flexibility index (Phi) is 6.62. The van der Waals surface area contributed by atoms with Crippen LogP contribution < -0.4 is 4.72 Å². The lowest BCUT2D eigenvalue weighted by atomic mass is 10.0. The summed E-state index contributed by atoms with van der Waals surface area (Å²) in [7, 11) is -3.65. The lowest BCUT2D eigenvalue weighted by molar-refractivity contribution is -0.138. The van der Waals surface area contributed by atoms with Crippen LogP contribution in [0.15, 0.2) is 24.3 Å². The number of nitrogens with zero attached hydrogens (tertiary/aromatic N) is 1. The van der Waals surface area contributed by atoms with E-state index in [0.717, 1.165) is 0 Å². The average Bonchev–Trinajstić information content (AvgIpc) is 2.54. The number of halogens is 1. The normalized spacial score (nSPS) is 17.1. The van der Waals surface area contributed by atoms with Crippen LogP contribution in [-0.2, 0) is 25.3 Å². The number of nitrogens with one attached hydrogen (secondary N) is 1.